The van der Waals surface area contributed by atoms with E-state index < -0.39 is 11.9 Å². The minimum Gasteiger partial charge on any atom is -0.481 e. The van der Waals surface area contributed by atoms with Gasteiger partial charge in [0.05, 0.1) is 5.92 Å². The molecule has 100 valence electrons. The molecule has 1 amide bonds. The summed E-state index contributed by atoms with van der Waals surface area (Å²) in [4.78, 5) is 22.2. The number of carbonyl (C=O) groups excluding carboxylic acids is 1. The molecular formula is C12H23NO4. The van der Waals surface area contributed by atoms with E-state index in [0.29, 0.717) is 32.5 Å². The molecule has 0 aromatic carbocycles. The van der Waals surface area contributed by atoms with Crippen LogP contribution < -0.4 is 5.32 Å². The van der Waals surface area contributed by atoms with Crippen molar-refractivity contribution in [2.45, 2.75) is 39.5 Å². The molecule has 0 aliphatic carbocycles. The lowest BCUT2D eigenvalue weighted by atomic mass is 10.0. The van der Waals surface area contributed by atoms with Crippen LogP contribution in [-0.4, -0.2) is 36.7 Å². The van der Waals surface area contributed by atoms with E-state index in [0.717, 1.165) is 6.42 Å². The van der Waals surface area contributed by atoms with E-state index in [1.165, 1.54) is 0 Å². The number of rotatable bonds is 10. The number of carboxylic acids is 1. The van der Waals surface area contributed by atoms with E-state index >= 15 is 0 Å². The minimum absolute atomic E-state index is 0.105. The number of hydrogen-bond donors (Lipinski definition) is 2. The molecule has 0 aromatic heterocycles. The maximum atomic E-state index is 11.4. The molecule has 5 nitrogen and oxygen atoms in total. The first kappa shape index (κ1) is 15.9. The summed E-state index contributed by atoms with van der Waals surface area (Å²) in [7, 11) is 0. The molecule has 0 aliphatic rings. The highest BCUT2D eigenvalue weighted by Crippen LogP contribution is 2.05. The molecule has 1 atom stereocenters. The van der Waals surface area contributed by atoms with Crippen LogP contribution in [0.25, 0.3) is 0 Å². The van der Waals surface area contributed by atoms with Gasteiger partial charge in [-0.05, 0) is 19.8 Å². The Kier molecular flexibility index (Phi) is 9.43. The Morgan fingerprint density at radius 3 is 2.59 bits per heavy atom. The minimum atomic E-state index is -0.846. The zero-order valence-electron chi connectivity index (χ0n) is 10.7. The van der Waals surface area contributed by atoms with E-state index in [2.05, 4.69) is 5.32 Å². The highest BCUT2D eigenvalue weighted by molar-refractivity contribution is 5.77. The fourth-order valence-corrected chi connectivity index (χ4v) is 1.47. The fourth-order valence-electron chi connectivity index (χ4n) is 1.47. The molecule has 2 N–H and O–H groups in total. The monoisotopic (exact) mass is 245 g/mol. The molecular weight excluding hydrogens is 222 g/mol. The summed E-state index contributed by atoms with van der Waals surface area (Å²) >= 11 is 0. The molecule has 1 unspecified atom stereocenters. The van der Waals surface area contributed by atoms with Crippen molar-refractivity contribution in [3.8, 4) is 0 Å². The van der Waals surface area contributed by atoms with Crippen LogP contribution in [0.3, 0.4) is 0 Å². The smallest absolute Gasteiger partial charge is 0.308 e. The molecule has 0 heterocycles. The van der Waals surface area contributed by atoms with Crippen LogP contribution in [0.4, 0.5) is 0 Å². The number of carboxylic acid groups (broad SMARTS) is 1. The van der Waals surface area contributed by atoms with Crippen molar-refractivity contribution in [1.82, 2.24) is 5.32 Å². The normalized spacial score (nSPS) is 12.1. The second-order valence-electron chi connectivity index (χ2n) is 3.93. The molecule has 5 heteroatoms. The summed E-state index contributed by atoms with van der Waals surface area (Å²) in [6.07, 6.45) is 2.45. The molecule has 0 saturated heterocycles. The third-order valence-corrected chi connectivity index (χ3v) is 2.43. The molecule has 0 rings (SSSR count). The first-order chi connectivity index (χ1) is 8.11. The van der Waals surface area contributed by atoms with Crippen molar-refractivity contribution in [2.75, 3.05) is 19.8 Å². The first-order valence-electron chi connectivity index (χ1n) is 6.19. The average molecular weight is 245 g/mol. The van der Waals surface area contributed by atoms with E-state index in [1.54, 1.807) is 0 Å². The topological polar surface area (TPSA) is 75.6 Å². The lowest BCUT2D eigenvalue weighted by Gasteiger charge is -2.12. The zero-order valence-corrected chi connectivity index (χ0v) is 10.7. The third kappa shape index (κ3) is 8.68. The van der Waals surface area contributed by atoms with Gasteiger partial charge in [0, 0.05) is 26.2 Å². The van der Waals surface area contributed by atoms with Crippen molar-refractivity contribution in [3.63, 3.8) is 0 Å². The van der Waals surface area contributed by atoms with Gasteiger partial charge in [-0.1, -0.05) is 13.3 Å². The molecule has 0 radical (unpaired) electrons. The lowest BCUT2D eigenvalue weighted by Crippen LogP contribution is -2.32. The van der Waals surface area contributed by atoms with Crippen LogP contribution in [-0.2, 0) is 14.3 Å². The Balaban J connectivity index is 3.69. The van der Waals surface area contributed by atoms with Crippen LogP contribution in [0.1, 0.15) is 39.5 Å². The molecule has 0 fully saturated rings. The van der Waals surface area contributed by atoms with Crippen molar-refractivity contribution in [2.24, 2.45) is 5.92 Å². The number of carbonyl (C=O) groups is 2. The Morgan fingerprint density at radius 2 is 2.06 bits per heavy atom. The standard InChI is InChI=1S/C12H23NO4/c1-3-6-10(12(15)16)9-13-11(14)7-5-8-17-4-2/h10H,3-9H2,1-2H3,(H,13,14)(H,15,16). The zero-order chi connectivity index (χ0) is 13.1. The summed E-state index contributed by atoms with van der Waals surface area (Å²) < 4.78 is 5.11. The Hall–Kier alpha value is -1.10. The molecule has 0 bridgehead atoms. The first-order valence-corrected chi connectivity index (χ1v) is 6.19. The Bertz CT molecular complexity index is 231. The number of aliphatic carboxylic acids is 1. The SMILES string of the molecule is CCCC(CNC(=O)CCCOCC)C(=O)O. The van der Waals surface area contributed by atoms with Gasteiger partial charge < -0.3 is 15.2 Å². The van der Waals surface area contributed by atoms with Gasteiger partial charge in [0.2, 0.25) is 5.91 Å². The summed E-state index contributed by atoms with van der Waals surface area (Å²) in [6.45, 7) is 5.28. The third-order valence-electron chi connectivity index (χ3n) is 2.43. The highest BCUT2D eigenvalue weighted by atomic mass is 16.5. The average Bonchev–Trinajstić information content (AvgIpc) is 2.29. The fraction of sp³-hybridized carbons (Fsp3) is 0.833. The van der Waals surface area contributed by atoms with Crippen molar-refractivity contribution in [3.05, 3.63) is 0 Å². The lowest BCUT2D eigenvalue weighted by molar-refractivity contribution is -0.141. The van der Waals surface area contributed by atoms with Gasteiger partial charge in [-0.2, -0.15) is 0 Å². The molecule has 0 spiro atoms. The van der Waals surface area contributed by atoms with Gasteiger partial charge in [0.15, 0.2) is 0 Å². The quantitative estimate of drug-likeness (QED) is 0.571. The van der Waals surface area contributed by atoms with Crippen LogP contribution in [0.2, 0.25) is 0 Å². The van der Waals surface area contributed by atoms with Gasteiger partial charge >= 0.3 is 5.97 Å². The van der Waals surface area contributed by atoms with Gasteiger partial charge in [-0.3, -0.25) is 9.59 Å². The van der Waals surface area contributed by atoms with Gasteiger partial charge in [0.1, 0.15) is 0 Å². The largest absolute Gasteiger partial charge is 0.481 e. The highest BCUT2D eigenvalue weighted by Gasteiger charge is 2.16. The van der Waals surface area contributed by atoms with Crippen LogP contribution in [0.15, 0.2) is 0 Å². The van der Waals surface area contributed by atoms with Gasteiger partial charge in [0.25, 0.3) is 0 Å². The van der Waals surface area contributed by atoms with Gasteiger partial charge in [-0.15, -0.1) is 0 Å². The molecule has 0 aliphatic heterocycles. The summed E-state index contributed by atoms with van der Waals surface area (Å²) in [6, 6.07) is 0. The predicted octanol–water partition coefficient (Wildman–Crippen LogP) is 1.42. The van der Waals surface area contributed by atoms with E-state index in [-0.39, 0.29) is 12.5 Å². The van der Waals surface area contributed by atoms with E-state index in [4.69, 9.17) is 9.84 Å². The number of amides is 1. The number of nitrogens with one attached hydrogen (secondary N) is 1. The summed E-state index contributed by atoms with van der Waals surface area (Å²) in [5.74, 6) is -1.43. The van der Waals surface area contributed by atoms with Gasteiger partial charge in [-0.25, -0.2) is 0 Å². The molecule has 0 saturated carbocycles. The Labute approximate surface area is 103 Å². The van der Waals surface area contributed by atoms with Crippen LogP contribution in [0.5, 0.6) is 0 Å². The summed E-state index contributed by atoms with van der Waals surface area (Å²) in [5, 5.41) is 11.5. The van der Waals surface area contributed by atoms with Crippen molar-refractivity contribution in [1.29, 1.82) is 0 Å². The van der Waals surface area contributed by atoms with Crippen LogP contribution >= 0.6 is 0 Å². The maximum Gasteiger partial charge on any atom is 0.308 e. The summed E-state index contributed by atoms with van der Waals surface area (Å²) in [5.41, 5.74) is 0. The Morgan fingerprint density at radius 1 is 1.35 bits per heavy atom. The molecule has 17 heavy (non-hydrogen) atoms. The second-order valence-corrected chi connectivity index (χ2v) is 3.93. The van der Waals surface area contributed by atoms with Crippen LogP contribution in [0, 0.1) is 5.92 Å². The van der Waals surface area contributed by atoms with Crippen molar-refractivity contribution >= 4 is 11.9 Å². The maximum absolute atomic E-state index is 11.4. The molecule has 0 aromatic rings. The van der Waals surface area contributed by atoms with E-state index in [1.807, 2.05) is 13.8 Å². The number of hydrogen-bond acceptors (Lipinski definition) is 3. The predicted molar refractivity (Wildman–Crippen MR) is 64.8 cm³/mol. The van der Waals surface area contributed by atoms with E-state index in [9.17, 15) is 9.59 Å². The number of ether oxygens (including phenoxy) is 1. The van der Waals surface area contributed by atoms with Crippen molar-refractivity contribution < 1.29 is 19.4 Å². The second kappa shape index (κ2) is 10.1.